The molecule has 1 aliphatic heterocycles. The number of carbonyl (C=O) groups excluding carboxylic acids is 2. The van der Waals surface area contributed by atoms with Crippen LogP contribution >= 0.6 is 11.3 Å². The first-order valence-corrected chi connectivity index (χ1v) is 10.8. The van der Waals surface area contributed by atoms with Gasteiger partial charge in [0.2, 0.25) is 0 Å². The number of aromatic nitrogens is 1. The fraction of sp³-hybridized carbons (Fsp3) is 0.217. The van der Waals surface area contributed by atoms with Crippen LogP contribution in [-0.2, 0) is 17.8 Å². The molecule has 0 saturated heterocycles. The van der Waals surface area contributed by atoms with Crippen LogP contribution in [0.1, 0.15) is 26.5 Å². The van der Waals surface area contributed by atoms with E-state index in [4.69, 9.17) is 10.00 Å². The van der Waals surface area contributed by atoms with Crippen molar-refractivity contribution in [3.63, 3.8) is 0 Å². The van der Waals surface area contributed by atoms with Crippen molar-refractivity contribution in [1.82, 2.24) is 9.88 Å². The highest BCUT2D eigenvalue weighted by Crippen LogP contribution is 2.28. The summed E-state index contributed by atoms with van der Waals surface area (Å²) in [6.07, 6.45) is 0.881. The van der Waals surface area contributed by atoms with E-state index >= 15 is 0 Å². The summed E-state index contributed by atoms with van der Waals surface area (Å²) in [5, 5.41) is 15.0. The van der Waals surface area contributed by atoms with Gasteiger partial charge in [-0.15, -0.1) is 11.3 Å². The Morgan fingerprint density at radius 2 is 2.03 bits per heavy atom. The summed E-state index contributed by atoms with van der Waals surface area (Å²) in [5.74, 6) is -0.215. The summed E-state index contributed by atoms with van der Waals surface area (Å²) in [4.78, 5) is 32.7. The first-order chi connectivity index (χ1) is 15.5. The largest absolute Gasteiger partial charge is 0.484 e. The zero-order chi connectivity index (χ0) is 22.5. The molecule has 32 heavy (non-hydrogen) atoms. The summed E-state index contributed by atoms with van der Waals surface area (Å²) in [7, 11) is 2.07. The van der Waals surface area contributed by atoms with Crippen LogP contribution in [0, 0.1) is 11.3 Å². The number of fused-ring (bicyclic) bond motifs is 1. The number of hydrogen-bond acceptors (Lipinski definition) is 7. The zero-order valence-electron chi connectivity index (χ0n) is 17.4. The molecule has 8 nitrogen and oxygen atoms in total. The van der Waals surface area contributed by atoms with Crippen molar-refractivity contribution in [2.75, 3.05) is 30.8 Å². The average Bonchev–Trinajstić information content (AvgIpc) is 3.19. The third kappa shape index (κ3) is 5.29. The number of rotatable bonds is 6. The van der Waals surface area contributed by atoms with Crippen molar-refractivity contribution in [3.8, 4) is 11.8 Å². The van der Waals surface area contributed by atoms with E-state index in [9.17, 15) is 9.59 Å². The minimum atomic E-state index is -0.345. The Hall–Kier alpha value is -3.74. The highest BCUT2D eigenvalue weighted by atomic mass is 32.1. The molecule has 9 heteroatoms. The Kier molecular flexibility index (Phi) is 6.44. The predicted molar refractivity (Wildman–Crippen MR) is 122 cm³/mol. The molecule has 2 N–H and O–H groups in total. The van der Waals surface area contributed by atoms with Gasteiger partial charge in [-0.3, -0.25) is 14.9 Å². The van der Waals surface area contributed by atoms with Gasteiger partial charge in [-0.25, -0.2) is 4.98 Å². The van der Waals surface area contributed by atoms with Gasteiger partial charge >= 0.3 is 0 Å². The lowest BCUT2D eigenvalue weighted by Gasteiger charge is -2.20. The van der Waals surface area contributed by atoms with Crippen LogP contribution in [0.2, 0.25) is 0 Å². The van der Waals surface area contributed by atoms with Gasteiger partial charge in [0.05, 0.1) is 17.3 Å². The Labute approximate surface area is 189 Å². The molecular formula is C23H21N5O3S. The molecule has 0 spiro atoms. The van der Waals surface area contributed by atoms with Crippen molar-refractivity contribution >= 4 is 34.0 Å². The Morgan fingerprint density at radius 3 is 2.81 bits per heavy atom. The second-order valence-electron chi connectivity index (χ2n) is 7.38. The molecule has 2 aromatic carbocycles. The molecule has 0 saturated carbocycles. The summed E-state index contributed by atoms with van der Waals surface area (Å²) in [6.45, 7) is 1.59. The van der Waals surface area contributed by atoms with Gasteiger partial charge in [-0.1, -0.05) is 6.07 Å². The summed E-state index contributed by atoms with van der Waals surface area (Å²) in [6, 6.07) is 15.2. The summed E-state index contributed by atoms with van der Waals surface area (Å²) in [5.41, 5.74) is 2.55. The van der Waals surface area contributed by atoms with E-state index in [-0.39, 0.29) is 18.4 Å². The molecule has 0 fully saturated rings. The van der Waals surface area contributed by atoms with Crippen LogP contribution < -0.4 is 15.4 Å². The fourth-order valence-corrected chi connectivity index (χ4v) is 4.33. The second kappa shape index (κ2) is 9.60. The lowest BCUT2D eigenvalue weighted by Crippen LogP contribution is -2.25. The van der Waals surface area contributed by atoms with Crippen LogP contribution in [0.25, 0.3) is 0 Å². The van der Waals surface area contributed by atoms with Gasteiger partial charge in [-0.2, -0.15) is 5.26 Å². The van der Waals surface area contributed by atoms with Gasteiger partial charge in [-0.05, 0) is 49.5 Å². The number of hydrogen-bond donors (Lipinski definition) is 2. The number of nitrogens with one attached hydrogen (secondary N) is 2. The van der Waals surface area contributed by atoms with Crippen molar-refractivity contribution in [3.05, 3.63) is 70.2 Å². The first kappa shape index (κ1) is 21.5. The second-order valence-corrected chi connectivity index (χ2v) is 8.47. The van der Waals surface area contributed by atoms with Crippen LogP contribution in [0.3, 0.4) is 0 Å². The van der Waals surface area contributed by atoms with E-state index in [0.29, 0.717) is 27.7 Å². The minimum absolute atomic E-state index is 0.211. The molecule has 0 unspecified atom stereocenters. The Balaban J connectivity index is 1.33. The van der Waals surface area contributed by atoms with Crippen LogP contribution in [0.5, 0.6) is 5.75 Å². The summed E-state index contributed by atoms with van der Waals surface area (Å²) < 4.78 is 5.54. The van der Waals surface area contributed by atoms with E-state index in [1.807, 2.05) is 6.07 Å². The van der Waals surface area contributed by atoms with Gasteiger partial charge in [0.1, 0.15) is 5.75 Å². The molecule has 3 aromatic rings. The zero-order valence-corrected chi connectivity index (χ0v) is 18.2. The fourth-order valence-electron chi connectivity index (χ4n) is 3.25. The number of nitrogens with zero attached hydrogens (tertiary/aromatic N) is 3. The van der Waals surface area contributed by atoms with Gasteiger partial charge in [0, 0.05) is 35.6 Å². The standard InChI is InChI=1S/C23H21N5O3S/c1-28-10-9-19-20(13-28)32-23(26-19)27-22(30)16-3-2-4-18(11-16)31-14-21(29)25-17-7-5-15(12-24)6-8-17/h2-8,11H,9-10,13-14H2,1H3,(H,25,29)(H,26,27,30). The number of ether oxygens (including phenoxy) is 1. The Morgan fingerprint density at radius 1 is 1.22 bits per heavy atom. The molecule has 1 aliphatic rings. The molecule has 0 atom stereocenters. The lowest BCUT2D eigenvalue weighted by molar-refractivity contribution is -0.118. The molecule has 162 valence electrons. The molecule has 2 amide bonds. The number of nitriles is 1. The Bertz CT molecular complexity index is 1180. The molecule has 4 rings (SSSR count). The van der Waals surface area contributed by atoms with Gasteiger partial charge in [0.25, 0.3) is 11.8 Å². The predicted octanol–water partition coefficient (Wildman–Crippen LogP) is 3.27. The maximum atomic E-state index is 12.7. The van der Waals surface area contributed by atoms with E-state index in [2.05, 4.69) is 27.6 Å². The first-order valence-electron chi connectivity index (χ1n) is 10.0. The lowest BCUT2D eigenvalue weighted by atomic mass is 10.2. The maximum Gasteiger partial charge on any atom is 0.262 e. The van der Waals surface area contributed by atoms with Gasteiger partial charge < -0.3 is 15.0 Å². The topological polar surface area (TPSA) is 107 Å². The number of amides is 2. The highest BCUT2D eigenvalue weighted by molar-refractivity contribution is 7.15. The molecule has 2 heterocycles. The molecule has 1 aromatic heterocycles. The van der Waals surface area contributed by atoms with E-state index < -0.39 is 0 Å². The quantitative estimate of drug-likeness (QED) is 0.601. The maximum absolute atomic E-state index is 12.7. The third-order valence-electron chi connectivity index (χ3n) is 4.91. The minimum Gasteiger partial charge on any atom is -0.484 e. The van der Waals surface area contributed by atoms with E-state index in [1.165, 1.54) is 16.2 Å². The monoisotopic (exact) mass is 447 g/mol. The number of anilines is 2. The number of likely N-dealkylation sites (N-methyl/N-ethyl adjacent to an activating group) is 1. The average molecular weight is 448 g/mol. The van der Waals surface area contributed by atoms with Gasteiger partial charge in [0.15, 0.2) is 11.7 Å². The molecule has 0 bridgehead atoms. The molecule has 0 aliphatic carbocycles. The van der Waals surface area contributed by atoms with Crippen LogP contribution in [0.4, 0.5) is 10.8 Å². The highest BCUT2D eigenvalue weighted by Gasteiger charge is 2.19. The molecular weight excluding hydrogens is 426 g/mol. The van der Waals surface area contributed by atoms with Crippen LogP contribution in [-0.4, -0.2) is 41.9 Å². The number of thiazole rings is 1. The van der Waals surface area contributed by atoms with E-state index in [0.717, 1.165) is 25.2 Å². The van der Waals surface area contributed by atoms with E-state index in [1.54, 1.807) is 48.5 Å². The number of carbonyl (C=O) groups is 2. The number of benzene rings is 2. The smallest absolute Gasteiger partial charge is 0.262 e. The SMILES string of the molecule is CN1CCc2nc(NC(=O)c3cccc(OCC(=O)Nc4ccc(C#N)cc4)c3)sc2C1. The van der Waals surface area contributed by atoms with Crippen molar-refractivity contribution in [1.29, 1.82) is 5.26 Å². The van der Waals surface area contributed by atoms with Crippen LogP contribution in [0.15, 0.2) is 48.5 Å². The normalized spacial score (nSPS) is 13.0. The van der Waals surface area contributed by atoms with Crippen molar-refractivity contribution < 1.29 is 14.3 Å². The van der Waals surface area contributed by atoms with Crippen molar-refractivity contribution in [2.24, 2.45) is 0 Å². The van der Waals surface area contributed by atoms with Crippen molar-refractivity contribution in [2.45, 2.75) is 13.0 Å². The molecule has 0 radical (unpaired) electrons. The summed E-state index contributed by atoms with van der Waals surface area (Å²) >= 11 is 1.50. The third-order valence-corrected chi connectivity index (χ3v) is 5.90.